The van der Waals surface area contributed by atoms with Crippen LogP contribution >= 0.6 is 38.6 Å². The molecule has 18 heavy (non-hydrogen) atoms. The third-order valence-corrected chi connectivity index (χ3v) is 4.54. The Bertz CT molecular complexity index is 746. The Kier molecular flexibility index (Phi) is 3.19. The van der Waals surface area contributed by atoms with Crippen LogP contribution in [0, 0.1) is 0 Å². The van der Waals surface area contributed by atoms with Crippen molar-refractivity contribution >= 4 is 54.0 Å². The highest BCUT2D eigenvalue weighted by Crippen LogP contribution is 2.28. The van der Waals surface area contributed by atoms with E-state index in [0.717, 1.165) is 25.5 Å². The Hall–Kier alpha value is -1.18. The van der Waals surface area contributed by atoms with Crippen molar-refractivity contribution in [3.63, 3.8) is 0 Å². The summed E-state index contributed by atoms with van der Waals surface area (Å²) < 4.78 is 2.18. The summed E-state index contributed by atoms with van der Waals surface area (Å²) in [7, 11) is 0. The molecule has 0 aliphatic heterocycles. The molecule has 7 heteroatoms. The number of fused-ring (bicyclic) bond motifs is 1. The summed E-state index contributed by atoms with van der Waals surface area (Å²) >= 11 is 6.21. The van der Waals surface area contributed by atoms with Crippen LogP contribution in [0.15, 0.2) is 32.8 Å². The molecule has 1 aromatic carbocycles. The van der Waals surface area contributed by atoms with Crippen molar-refractivity contribution in [1.29, 1.82) is 0 Å². The van der Waals surface area contributed by atoms with Gasteiger partial charge in [0, 0.05) is 15.5 Å². The van der Waals surface area contributed by atoms with E-state index in [-0.39, 0.29) is 4.87 Å². The Labute approximate surface area is 119 Å². The highest BCUT2D eigenvalue weighted by atomic mass is 79.9. The number of aromatic nitrogens is 2. The van der Waals surface area contributed by atoms with Gasteiger partial charge in [-0.2, -0.15) is 0 Å². The summed E-state index contributed by atoms with van der Waals surface area (Å²) in [5.41, 5.74) is 1.86. The molecule has 2 aromatic heterocycles. The first kappa shape index (κ1) is 11.9. The summed E-state index contributed by atoms with van der Waals surface area (Å²) in [6.07, 6.45) is 0. The number of aromatic amines is 1. The molecule has 0 fully saturated rings. The third kappa shape index (κ3) is 2.47. The van der Waals surface area contributed by atoms with Gasteiger partial charge in [-0.1, -0.05) is 38.6 Å². The first-order chi connectivity index (χ1) is 8.70. The minimum absolute atomic E-state index is 0.0277. The number of nitrogens with zero attached hydrogens (tertiary/aromatic N) is 1. The minimum atomic E-state index is -0.0277. The molecule has 0 saturated carbocycles. The van der Waals surface area contributed by atoms with Gasteiger partial charge in [-0.05, 0) is 18.2 Å². The first-order valence-corrected chi connectivity index (χ1v) is 7.66. The third-order valence-electron chi connectivity index (χ3n) is 2.35. The van der Waals surface area contributed by atoms with Crippen molar-refractivity contribution in [3.8, 4) is 0 Å². The van der Waals surface area contributed by atoms with Crippen LogP contribution in [-0.2, 0) is 6.54 Å². The summed E-state index contributed by atoms with van der Waals surface area (Å²) in [5.74, 6) is 0. The normalized spacial score (nSPS) is 10.9. The van der Waals surface area contributed by atoms with E-state index < -0.39 is 0 Å². The van der Waals surface area contributed by atoms with Gasteiger partial charge >= 0.3 is 4.87 Å². The van der Waals surface area contributed by atoms with Crippen LogP contribution in [0.2, 0.25) is 0 Å². The van der Waals surface area contributed by atoms with Gasteiger partial charge in [0.05, 0.1) is 16.8 Å². The van der Waals surface area contributed by atoms with Gasteiger partial charge in [0.2, 0.25) is 0 Å². The summed E-state index contributed by atoms with van der Waals surface area (Å²) in [6, 6.07) is 6.00. The van der Waals surface area contributed by atoms with Gasteiger partial charge < -0.3 is 10.3 Å². The van der Waals surface area contributed by atoms with Crippen molar-refractivity contribution in [2.75, 3.05) is 5.32 Å². The SMILES string of the molecule is O=c1[nH]c(CNc2nc3ccc(Br)cc3s2)cs1. The zero-order valence-electron chi connectivity index (χ0n) is 9.07. The van der Waals surface area contributed by atoms with Crippen LogP contribution in [0.5, 0.6) is 0 Å². The number of benzene rings is 1. The molecule has 0 aliphatic carbocycles. The van der Waals surface area contributed by atoms with Gasteiger partial charge in [-0.15, -0.1) is 0 Å². The van der Waals surface area contributed by atoms with E-state index >= 15 is 0 Å². The van der Waals surface area contributed by atoms with E-state index in [2.05, 4.69) is 31.2 Å². The number of nitrogens with one attached hydrogen (secondary N) is 2. The predicted molar refractivity (Wildman–Crippen MR) is 79.6 cm³/mol. The van der Waals surface area contributed by atoms with Gasteiger partial charge in [-0.3, -0.25) is 4.79 Å². The molecule has 3 rings (SSSR count). The summed E-state index contributed by atoms with van der Waals surface area (Å²) in [4.78, 5) is 18.2. The molecule has 0 amide bonds. The molecule has 0 unspecified atom stereocenters. The smallest absolute Gasteiger partial charge is 0.304 e. The average molecular weight is 342 g/mol. The van der Waals surface area contributed by atoms with Crippen molar-refractivity contribution in [3.05, 3.63) is 43.4 Å². The van der Waals surface area contributed by atoms with Crippen molar-refractivity contribution in [1.82, 2.24) is 9.97 Å². The number of hydrogen-bond acceptors (Lipinski definition) is 5. The first-order valence-electron chi connectivity index (χ1n) is 5.17. The van der Waals surface area contributed by atoms with E-state index in [0.29, 0.717) is 6.54 Å². The molecule has 0 radical (unpaired) electrons. The average Bonchev–Trinajstić information content (AvgIpc) is 2.92. The molecule has 0 saturated heterocycles. The van der Waals surface area contributed by atoms with Crippen molar-refractivity contribution in [2.24, 2.45) is 0 Å². The second-order valence-electron chi connectivity index (χ2n) is 3.66. The zero-order chi connectivity index (χ0) is 12.5. The monoisotopic (exact) mass is 341 g/mol. The number of thiazole rings is 2. The predicted octanol–water partition coefficient (Wildman–Crippen LogP) is 3.42. The fourth-order valence-corrected chi connectivity index (χ4v) is 3.54. The topological polar surface area (TPSA) is 57.8 Å². The Morgan fingerprint density at radius 2 is 2.33 bits per heavy atom. The fourth-order valence-electron chi connectivity index (χ4n) is 1.55. The maximum atomic E-state index is 11.0. The maximum absolute atomic E-state index is 11.0. The largest absolute Gasteiger partial charge is 0.356 e. The molecule has 0 aliphatic rings. The van der Waals surface area contributed by atoms with Gasteiger partial charge in [0.1, 0.15) is 0 Å². The second kappa shape index (κ2) is 4.83. The van der Waals surface area contributed by atoms with E-state index in [9.17, 15) is 4.79 Å². The second-order valence-corrected chi connectivity index (χ2v) is 6.45. The lowest BCUT2D eigenvalue weighted by atomic mass is 10.3. The number of anilines is 1. The summed E-state index contributed by atoms with van der Waals surface area (Å²) in [5, 5.41) is 5.89. The van der Waals surface area contributed by atoms with Gasteiger partial charge in [-0.25, -0.2) is 4.98 Å². The fraction of sp³-hybridized carbons (Fsp3) is 0.0909. The standard InChI is InChI=1S/C11H8BrN3OS2/c12-6-1-2-8-9(3-6)18-10(15-8)13-4-7-5-17-11(16)14-7/h1-3,5H,4H2,(H,13,15)(H,14,16). The van der Waals surface area contributed by atoms with Crippen LogP contribution in [0.1, 0.15) is 5.69 Å². The molecule has 4 nitrogen and oxygen atoms in total. The number of halogens is 1. The van der Waals surface area contributed by atoms with E-state index in [1.165, 1.54) is 11.3 Å². The lowest BCUT2D eigenvalue weighted by molar-refractivity contribution is 1.05. The highest BCUT2D eigenvalue weighted by molar-refractivity contribution is 9.10. The number of rotatable bonds is 3. The Morgan fingerprint density at radius 1 is 1.44 bits per heavy atom. The minimum Gasteiger partial charge on any atom is -0.356 e. The highest BCUT2D eigenvalue weighted by Gasteiger charge is 2.04. The number of H-pyrrole nitrogens is 1. The maximum Gasteiger partial charge on any atom is 0.304 e. The Morgan fingerprint density at radius 3 is 3.11 bits per heavy atom. The zero-order valence-corrected chi connectivity index (χ0v) is 12.3. The quantitative estimate of drug-likeness (QED) is 0.767. The molecule has 2 heterocycles. The summed E-state index contributed by atoms with van der Waals surface area (Å²) in [6.45, 7) is 0.583. The van der Waals surface area contributed by atoms with Crippen LogP contribution in [0.4, 0.5) is 5.13 Å². The van der Waals surface area contributed by atoms with E-state index in [1.807, 2.05) is 23.6 Å². The van der Waals surface area contributed by atoms with Crippen molar-refractivity contribution < 1.29 is 0 Å². The Balaban J connectivity index is 1.80. The van der Waals surface area contributed by atoms with Crippen LogP contribution in [0.3, 0.4) is 0 Å². The molecule has 92 valence electrons. The van der Waals surface area contributed by atoms with E-state index in [1.54, 1.807) is 11.3 Å². The van der Waals surface area contributed by atoms with Crippen LogP contribution in [-0.4, -0.2) is 9.97 Å². The molecular formula is C11H8BrN3OS2. The molecule has 0 bridgehead atoms. The van der Waals surface area contributed by atoms with Crippen molar-refractivity contribution in [2.45, 2.75) is 6.54 Å². The number of hydrogen-bond donors (Lipinski definition) is 2. The molecule has 2 N–H and O–H groups in total. The molecule has 0 atom stereocenters. The van der Waals surface area contributed by atoms with Crippen LogP contribution < -0.4 is 10.2 Å². The molecule has 3 aromatic rings. The lowest BCUT2D eigenvalue weighted by Crippen LogP contribution is -2.02. The van der Waals surface area contributed by atoms with Crippen LogP contribution in [0.25, 0.3) is 10.2 Å². The van der Waals surface area contributed by atoms with E-state index in [4.69, 9.17) is 0 Å². The molecule has 0 spiro atoms. The van der Waals surface area contributed by atoms with Gasteiger partial charge in [0.25, 0.3) is 0 Å². The lowest BCUT2D eigenvalue weighted by Gasteiger charge is -1.97. The molecular weight excluding hydrogens is 334 g/mol. The van der Waals surface area contributed by atoms with Gasteiger partial charge in [0.15, 0.2) is 5.13 Å².